The van der Waals surface area contributed by atoms with Crippen molar-refractivity contribution < 1.29 is 18.3 Å². The highest BCUT2D eigenvalue weighted by Crippen LogP contribution is 2.38. The third kappa shape index (κ3) is 6.07. The Morgan fingerprint density at radius 1 is 1.22 bits per heavy atom. The van der Waals surface area contributed by atoms with E-state index in [0.29, 0.717) is 43.5 Å². The zero-order valence-electron chi connectivity index (χ0n) is 15.9. The Bertz CT molecular complexity index is 848. The molecule has 0 spiro atoms. The molecular weight excluding hydrogens is 368 g/mol. The number of fused-ring (bicyclic) bond motifs is 1. The van der Waals surface area contributed by atoms with Gasteiger partial charge in [-0.05, 0) is 56.9 Å². The van der Waals surface area contributed by atoms with Crippen LogP contribution in [0.15, 0.2) is 33.5 Å². The van der Waals surface area contributed by atoms with Crippen LogP contribution in [-0.2, 0) is 11.2 Å². The molecular formula is C19H28N2O5S. The van der Waals surface area contributed by atoms with Crippen LogP contribution in [0.1, 0.15) is 45.6 Å². The van der Waals surface area contributed by atoms with Crippen LogP contribution < -0.4 is 15.7 Å². The van der Waals surface area contributed by atoms with Gasteiger partial charge in [-0.15, -0.1) is 10.8 Å². The van der Waals surface area contributed by atoms with Crippen LogP contribution in [-0.4, -0.2) is 26.8 Å². The minimum Gasteiger partial charge on any atom is -0.422 e. The number of benzene rings is 1. The monoisotopic (exact) mass is 396 g/mol. The molecule has 0 fully saturated rings. The van der Waals surface area contributed by atoms with E-state index in [-0.39, 0.29) is 11.2 Å². The molecule has 0 aliphatic carbocycles. The average molecular weight is 397 g/mol. The van der Waals surface area contributed by atoms with Gasteiger partial charge in [0.1, 0.15) is 5.58 Å². The van der Waals surface area contributed by atoms with E-state index >= 15 is 0 Å². The van der Waals surface area contributed by atoms with Crippen LogP contribution in [0.2, 0.25) is 0 Å². The first kappa shape index (κ1) is 21.4. The number of hydrogen-bond donors (Lipinski definition) is 4. The van der Waals surface area contributed by atoms with Crippen LogP contribution in [0.5, 0.6) is 0 Å². The number of hydrogen-bond acceptors (Lipinski definition) is 6. The molecule has 0 saturated heterocycles. The number of anilines is 1. The summed E-state index contributed by atoms with van der Waals surface area (Å²) >= 11 is 0. The molecule has 4 N–H and O–H groups in total. The third-order valence-corrected chi connectivity index (χ3v) is 6.21. The summed E-state index contributed by atoms with van der Waals surface area (Å²) in [7, 11) is -2.76. The first-order valence-electron chi connectivity index (χ1n) is 9.11. The van der Waals surface area contributed by atoms with Crippen molar-refractivity contribution in [1.82, 2.24) is 4.72 Å². The molecule has 8 heteroatoms. The number of aryl methyl sites for hydroxylation is 1. The number of carbonyl (C=O) groups is 1. The smallest absolute Gasteiger partial charge is 0.336 e. The van der Waals surface area contributed by atoms with Crippen molar-refractivity contribution in [1.29, 1.82) is 0 Å². The molecule has 1 aromatic carbocycles. The van der Waals surface area contributed by atoms with Crippen LogP contribution in [0.25, 0.3) is 11.0 Å². The summed E-state index contributed by atoms with van der Waals surface area (Å²) in [4.78, 5) is 23.6. The maximum atomic E-state index is 12.2. The molecule has 0 saturated carbocycles. The molecule has 0 atom stereocenters. The second-order valence-corrected chi connectivity index (χ2v) is 9.12. The zero-order valence-corrected chi connectivity index (χ0v) is 16.8. The molecule has 1 aromatic heterocycles. The van der Waals surface area contributed by atoms with Gasteiger partial charge in [-0.1, -0.05) is 6.92 Å². The molecule has 0 unspecified atom stereocenters. The van der Waals surface area contributed by atoms with Gasteiger partial charge < -0.3 is 9.73 Å². The van der Waals surface area contributed by atoms with E-state index in [1.54, 1.807) is 26.0 Å². The molecule has 0 aliphatic rings. The summed E-state index contributed by atoms with van der Waals surface area (Å²) in [6.45, 7) is 5.90. The Labute approximate surface area is 160 Å². The molecule has 1 amide bonds. The van der Waals surface area contributed by atoms with Gasteiger partial charge in [-0.25, -0.2) is 9.52 Å². The Balaban J connectivity index is 1.89. The summed E-state index contributed by atoms with van der Waals surface area (Å²) in [5.41, 5.74) is 1.70. The number of rotatable bonds is 9. The normalized spacial score (nSPS) is 12.5. The highest BCUT2D eigenvalue weighted by atomic mass is 32.3. The Morgan fingerprint density at radius 3 is 2.63 bits per heavy atom. The molecule has 0 bridgehead atoms. The maximum Gasteiger partial charge on any atom is 0.336 e. The van der Waals surface area contributed by atoms with Crippen molar-refractivity contribution >= 4 is 33.3 Å². The van der Waals surface area contributed by atoms with E-state index in [9.17, 15) is 18.7 Å². The average Bonchev–Trinajstić information content (AvgIpc) is 2.60. The minimum atomic E-state index is -2.76. The van der Waals surface area contributed by atoms with Gasteiger partial charge in [0.05, 0.1) is 5.25 Å². The summed E-state index contributed by atoms with van der Waals surface area (Å²) < 4.78 is 27.6. The van der Waals surface area contributed by atoms with E-state index < -0.39 is 16.4 Å². The van der Waals surface area contributed by atoms with Gasteiger partial charge in [0.15, 0.2) is 0 Å². The fourth-order valence-corrected chi connectivity index (χ4v) is 3.39. The number of amides is 1. The van der Waals surface area contributed by atoms with Gasteiger partial charge >= 0.3 is 5.63 Å². The lowest BCUT2D eigenvalue weighted by atomic mass is 10.1. The van der Waals surface area contributed by atoms with Gasteiger partial charge in [0.25, 0.3) is 0 Å². The predicted octanol–water partition coefficient (Wildman–Crippen LogP) is 4.13. The number of carbonyl (C=O) groups excluding carboxylic acids is 1. The summed E-state index contributed by atoms with van der Waals surface area (Å²) in [5.74, 6) is -0.107. The van der Waals surface area contributed by atoms with Gasteiger partial charge in [-0.2, -0.15) is 0 Å². The molecule has 7 nitrogen and oxygen atoms in total. The van der Waals surface area contributed by atoms with Crippen molar-refractivity contribution in [3.63, 3.8) is 0 Å². The van der Waals surface area contributed by atoms with Crippen molar-refractivity contribution in [2.45, 2.75) is 51.7 Å². The highest BCUT2D eigenvalue weighted by molar-refractivity contribution is 8.23. The van der Waals surface area contributed by atoms with Crippen molar-refractivity contribution in [2.24, 2.45) is 0 Å². The van der Waals surface area contributed by atoms with Crippen LogP contribution in [0, 0.1) is 0 Å². The molecule has 2 aromatic rings. The zero-order chi connectivity index (χ0) is 20.0. The Hall–Kier alpha value is -1.87. The predicted molar refractivity (Wildman–Crippen MR) is 110 cm³/mol. The molecule has 0 radical (unpaired) electrons. The maximum absolute atomic E-state index is 12.2. The lowest BCUT2D eigenvalue weighted by Crippen LogP contribution is -2.27. The first-order valence-corrected chi connectivity index (χ1v) is 10.7. The number of unbranched alkanes of at least 4 members (excludes halogenated alkanes) is 1. The molecule has 27 heavy (non-hydrogen) atoms. The largest absolute Gasteiger partial charge is 0.422 e. The molecule has 0 aliphatic heterocycles. The summed E-state index contributed by atoms with van der Waals surface area (Å²) in [6, 6.07) is 6.66. The Kier molecular flexibility index (Phi) is 7.43. The second kappa shape index (κ2) is 9.36. The standard InChI is InChI=1S/C19H28N2O5S/c1-4-14-11-16(12-15-8-9-18(23)26-19(14)15)21-17(22)7-5-6-10-20-27(24,25)13(2)3/h8-9,11-13,20,24-25H,4-7,10H2,1-3H3,(H,21,22). The SMILES string of the molecule is CCc1cc(NC(=O)CCCCNS(O)(O)C(C)C)cc2ccc(=O)oc12. The van der Waals surface area contributed by atoms with Crippen molar-refractivity contribution in [3.8, 4) is 0 Å². The molecule has 150 valence electrons. The van der Waals surface area contributed by atoms with Crippen LogP contribution >= 0.6 is 10.8 Å². The fourth-order valence-electron chi connectivity index (χ4n) is 2.61. The first-order chi connectivity index (χ1) is 12.7. The minimum absolute atomic E-state index is 0.107. The van der Waals surface area contributed by atoms with E-state index in [4.69, 9.17) is 4.42 Å². The van der Waals surface area contributed by atoms with Gasteiger partial charge in [0.2, 0.25) is 5.91 Å². The lowest BCUT2D eigenvalue weighted by Gasteiger charge is -2.36. The summed E-state index contributed by atoms with van der Waals surface area (Å²) in [5, 5.41) is 3.40. The van der Waals surface area contributed by atoms with Gasteiger partial charge in [-0.3, -0.25) is 13.9 Å². The highest BCUT2D eigenvalue weighted by Gasteiger charge is 2.15. The van der Waals surface area contributed by atoms with E-state index in [0.717, 1.165) is 10.9 Å². The van der Waals surface area contributed by atoms with Crippen LogP contribution in [0.3, 0.4) is 0 Å². The van der Waals surface area contributed by atoms with Crippen molar-refractivity contribution in [2.75, 3.05) is 11.9 Å². The van der Waals surface area contributed by atoms with E-state index in [1.807, 2.05) is 13.0 Å². The van der Waals surface area contributed by atoms with Gasteiger partial charge in [0, 0.05) is 30.1 Å². The van der Waals surface area contributed by atoms with E-state index in [2.05, 4.69) is 10.0 Å². The lowest BCUT2D eigenvalue weighted by molar-refractivity contribution is -0.116. The topological polar surface area (TPSA) is 112 Å². The third-order valence-electron chi connectivity index (χ3n) is 4.26. The second-order valence-electron chi connectivity index (χ2n) is 6.70. The fraction of sp³-hybridized carbons (Fsp3) is 0.474. The number of nitrogens with one attached hydrogen (secondary N) is 2. The van der Waals surface area contributed by atoms with Crippen LogP contribution in [0.4, 0.5) is 5.69 Å². The van der Waals surface area contributed by atoms with Crippen molar-refractivity contribution in [3.05, 3.63) is 40.2 Å². The van der Waals surface area contributed by atoms with E-state index in [1.165, 1.54) is 6.07 Å². The Morgan fingerprint density at radius 2 is 1.96 bits per heavy atom. The summed E-state index contributed by atoms with van der Waals surface area (Å²) in [6.07, 6.45) is 2.32. The molecule has 2 rings (SSSR count). The molecule has 1 heterocycles. The quantitative estimate of drug-likeness (QED) is 0.375.